The van der Waals surface area contributed by atoms with Gasteiger partial charge in [0.15, 0.2) is 46.1 Å². The fourth-order valence-corrected chi connectivity index (χ4v) is 13.1. The third-order valence-electron chi connectivity index (χ3n) is 17.5. The number of hydrogen-bond donors (Lipinski definition) is 6. The number of benzene rings is 4. The lowest BCUT2D eigenvalue weighted by atomic mass is 9.90. The van der Waals surface area contributed by atoms with Gasteiger partial charge in [0.2, 0.25) is 11.6 Å². The number of alkyl halides is 4. The van der Waals surface area contributed by atoms with Crippen LogP contribution < -0.4 is 51.6 Å². The van der Waals surface area contributed by atoms with Crippen LogP contribution in [-0.4, -0.2) is 168 Å². The maximum absolute atomic E-state index is 14.9. The van der Waals surface area contributed by atoms with Crippen molar-refractivity contribution in [3.63, 3.8) is 0 Å². The van der Waals surface area contributed by atoms with Gasteiger partial charge in [-0.05, 0) is 97.5 Å². The number of carbonyl (C=O) groups excluding carboxylic acids is 4. The van der Waals surface area contributed by atoms with E-state index in [1.165, 1.54) is 85.3 Å². The van der Waals surface area contributed by atoms with Crippen molar-refractivity contribution in [2.75, 3.05) is 103 Å². The van der Waals surface area contributed by atoms with Crippen molar-refractivity contribution in [1.82, 2.24) is 50.0 Å². The number of amides is 2. The van der Waals surface area contributed by atoms with E-state index < -0.39 is 60.9 Å². The van der Waals surface area contributed by atoms with Gasteiger partial charge in [-0.15, -0.1) is 0 Å². The van der Waals surface area contributed by atoms with Gasteiger partial charge in [-0.25, -0.2) is 28.7 Å². The number of nitrogens with zero attached hydrogens (tertiary/aromatic N) is 8. The molecule has 4 aromatic heterocycles. The summed E-state index contributed by atoms with van der Waals surface area (Å²) in [7, 11) is 4.65. The van der Waals surface area contributed by atoms with Crippen LogP contribution in [0.5, 0.6) is 11.5 Å². The smallest absolute Gasteiger partial charge is 0.387 e. The van der Waals surface area contributed by atoms with Gasteiger partial charge in [0, 0.05) is 122 Å². The van der Waals surface area contributed by atoms with Crippen molar-refractivity contribution in [2.24, 2.45) is 23.7 Å². The summed E-state index contributed by atoms with van der Waals surface area (Å²) >= 11 is 0. The Bertz CT molecular complexity index is 3770. The van der Waals surface area contributed by atoms with E-state index in [-0.39, 0.29) is 34.3 Å². The lowest BCUT2D eigenvalue weighted by Crippen LogP contribution is -2.65. The molecule has 4 aliphatic rings. The van der Waals surface area contributed by atoms with Crippen LogP contribution in [-0.2, 0) is 22.4 Å². The molecular weight excluding hydrogens is 1270 g/mol. The fourth-order valence-electron chi connectivity index (χ4n) is 13.1. The minimum atomic E-state index is -3.29. The largest absolute Gasteiger partial charge is 0.554 e. The number of likely N-dealkylation sites (tertiary alicyclic amines) is 2. The third kappa shape index (κ3) is 16.9. The molecule has 96 heavy (non-hydrogen) atoms. The molecule has 8 heterocycles. The monoisotopic (exact) mass is 1340 g/mol. The average molecular weight is 1340 g/mol. The summed E-state index contributed by atoms with van der Waals surface area (Å²) in [5, 5.41) is 35.8. The molecule has 0 unspecified atom stereocenters. The number of quaternary nitrogens is 2. The summed E-state index contributed by atoms with van der Waals surface area (Å²) in [4.78, 5) is 60.0. The van der Waals surface area contributed by atoms with E-state index in [2.05, 4.69) is 75.4 Å². The number of aryl methyl sites for hydroxylation is 2. The van der Waals surface area contributed by atoms with Crippen molar-refractivity contribution in [3.8, 4) is 34.0 Å². The van der Waals surface area contributed by atoms with E-state index >= 15 is 0 Å². The highest BCUT2D eigenvalue weighted by Gasteiger charge is 2.43. The quantitative estimate of drug-likeness (QED) is 0.0208. The predicted octanol–water partition coefficient (Wildman–Crippen LogP) is 6.73. The topological polar surface area (TPSA) is 265 Å². The summed E-state index contributed by atoms with van der Waals surface area (Å²) in [6.45, 7) is 9.30. The van der Waals surface area contributed by atoms with E-state index in [9.17, 15) is 44.7 Å². The molecule has 0 atom stereocenters. The van der Waals surface area contributed by atoms with Gasteiger partial charge in [-0.3, -0.25) is 18.4 Å². The summed E-state index contributed by atoms with van der Waals surface area (Å²) in [6, 6.07) is 15.1. The number of imidazole rings is 2. The second-order valence-electron chi connectivity index (χ2n) is 24.6. The van der Waals surface area contributed by atoms with Crippen LogP contribution in [0.25, 0.3) is 33.8 Å². The summed E-state index contributed by atoms with van der Waals surface area (Å²) in [5.41, 5.74) is 4.97. The first kappa shape index (κ1) is 70.8. The molecule has 4 fully saturated rings. The number of halogens is 8. The second kappa shape index (κ2) is 31.8. The van der Waals surface area contributed by atoms with Crippen LogP contribution in [0.2, 0.25) is 0 Å². The Balaban J connectivity index is 0.000000208. The summed E-state index contributed by atoms with van der Waals surface area (Å²) < 4.78 is 122. The number of aromatic nitrogens is 6. The highest BCUT2D eigenvalue weighted by atomic mass is 19.3. The van der Waals surface area contributed by atoms with Crippen LogP contribution in [0.3, 0.4) is 0 Å². The summed E-state index contributed by atoms with van der Waals surface area (Å²) in [5.74, 6) is -4.15. The number of fused-ring (bicyclic) bond motifs is 2. The molecule has 4 aliphatic heterocycles. The molecule has 2 amide bonds. The van der Waals surface area contributed by atoms with Crippen LogP contribution >= 0.6 is 0 Å². The zero-order valence-corrected chi connectivity index (χ0v) is 53.0. The third-order valence-corrected chi connectivity index (χ3v) is 17.5. The number of nitrogens with one attached hydrogen (secondary N) is 6. The molecule has 0 saturated carbocycles. The standard InChI is InChI=1S/2C32H35F4N7O2.2CH2O2/c2*1-3-21-12-22(4-5-23(21)31(44)39-9-8-19-16-43(2,17-19)18-20-13-37-14-20)41-29-30-40-15-25(42(30)11-10-38-29)24-6-7-26(45-32(35)36)28(34)27(24)33;2*2-1-3/h2*4-7,10-12,15,19-20,32,37H,3,8-9,13-14,16-18H2,1-2H3,(H-,38,39,41,44);2*1H,(H,2,3). The van der Waals surface area contributed by atoms with Gasteiger partial charge in [-0.2, -0.15) is 26.3 Å². The normalized spacial score (nSPS) is 18.8. The Morgan fingerprint density at radius 1 is 0.583 bits per heavy atom. The van der Waals surface area contributed by atoms with Crippen LogP contribution in [0.4, 0.5) is 58.1 Å². The molecule has 8 aromatic rings. The zero-order valence-electron chi connectivity index (χ0n) is 53.0. The number of ether oxygens (including phenoxy) is 2. The molecular formula is C66H74F8N14O8. The Labute approximate surface area is 547 Å². The molecule has 0 aliphatic carbocycles. The van der Waals surface area contributed by atoms with Gasteiger partial charge in [0.05, 0.1) is 89.0 Å². The number of carbonyl (C=O) groups is 4. The van der Waals surface area contributed by atoms with Gasteiger partial charge in [0.1, 0.15) is 0 Å². The molecule has 12 rings (SSSR count). The maximum Gasteiger partial charge on any atom is 0.387 e. The molecule has 0 spiro atoms. The van der Waals surface area contributed by atoms with E-state index in [4.69, 9.17) is 19.8 Å². The molecule has 0 radical (unpaired) electrons. The first-order valence-corrected chi connectivity index (χ1v) is 31.2. The first-order valence-electron chi connectivity index (χ1n) is 31.2. The Morgan fingerprint density at radius 3 is 1.29 bits per heavy atom. The Hall–Kier alpha value is -9.52. The second-order valence-corrected chi connectivity index (χ2v) is 24.6. The maximum atomic E-state index is 14.9. The Kier molecular flexibility index (Phi) is 23.5. The Morgan fingerprint density at radius 2 is 0.958 bits per heavy atom. The predicted molar refractivity (Wildman–Crippen MR) is 335 cm³/mol. The molecule has 4 aromatic carbocycles. The highest BCUT2D eigenvalue weighted by molar-refractivity contribution is 5.97. The van der Waals surface area contributed by atoms with Crippen molar-refractivity contribution in [3.05, 3.63) is 143 Å². The van der Waals surface area contributed by atoms with Crippen molar-refractivity contribution < 1.29 is 83.0 Å². The van der Waals surface area contributed by atoms with Gasteiger partial charge < -0.3 is 70.1 Å². The van der Waals surface area contributed by atoms with Crippen molar-refractivity contribution in [2.45, 2.75) is 52.8 Å². The minimum Gasteiger partial charge on any atom is -0.554 e. The highest BCUT2D eigenvalue weighted by Crippen LogP contribution is 2.36. The molecule has 22 nitrogen and oxygen atoms in total. The van der Waals surface area contributed by atoms with E-state index in [1.54, 1.807) is 24.3 Å². The van der Waals surface area contributed by atoms with Gasteiger partial charge >= 0.3 is 13.2 Å². The van der Waals surface area contributed by atoms with Crippen LogP contribution in [0.1, 0.15) is 58.5 Å². The van der Waals surface area contributed by atoms with Crippen molar-refractivity contribution >= 4 is 59.1 Å². The van der Waals surface area contributed by atoms with Crippen LogP contribution in [0, 0.1) is 46.9 Å². The molecule has 6 N–H and O–H groups in total. The SMILES string of the molecule is CCc1cc(Nc2nccn3c(-c4ccc(OC(F)F)c(F)c4F)cnc23)ccc1C(=O)NCCC1C[N+](C)(CC2CNC2)C1.CCc1cc(Nc2nccn3c(-c4ccc(OC(F)F)c(F)c4F)cnc23)ccc1C(=O)NCCC1C[N+](C)(CC2CNC2)C1.O=C[O-].O=C[O-]. The minimum absolute atomic E-state index is 0.104. The van der Waals surface area contributed by atoms with Crippen molar-refractivity contribution in [1.29, 1.82) is 0 Å². The molecule has 30 heteroatoms. The molecule has 512 valence electrons. The number of rotatable bonds is 24. The number of carboxylic acid groups (broad SMARTS) is 2. The van der Waals surface area contributed by atoms with Crippen LogP contribution in [0.15, 0.2) is 97.8 Å². The number of anilines is 4. The van der Waals surface area contributed by atoms with E-state index in [0.29, 0.717) is 83.2 Å². The fraction of sp³-hybridized carbons (Fsp3) is 0.394. The van der Waals surface area contributed by atoms with Gasteiger partial charge in [-0.1, -0.05) is 13.8 Å². The van der Waals surface area contributed by atoms with E-state index in [1.807, 2.05) is 26.0 Å². The first-order chi connectivity index (χ1) is 46.1. The zero-order chi connectivity index (χ0) is 68.8. The summed E-state index contributed by atoms with van der Waals surface area (Å²) in [6.07, 6.45) is 11.9. The van der Waals surface area contributed by atoms with Gasteiger partial charge in [0.25, 0.3) is 11.8 Å². The lowest BCUT2D eigenvalue weighted by Gasteiger charge is -2.50. The molecule has 0 bridgehead atoms. The molecule has 4 saturated heterocycles. The lowest BCUT2D eigenvalue weighted by molar-refractivity contribution is -0.959. The van der Waals surface area contributed by atoms with E-state index in [0.717, 1.165) is 95.2 Å². The average Bonchev–Trinajstić information content (AvgIpc) is 1.63. The number of hydrogen-bond acceptors (Lipinski definition) is 16.